The lowest BCUT2D eigenvalue weighted by molar-refractivity contribution is -0.130. The number of carbonyl (C=O) groups is 2. The summed E-state index contributed by atoms with van der Waals surface area (Å²) in [5.74, 6) is 0.523. The van der Waals surface area contributed by atoms with Gasteiger partial charge in [-0.25, -0.2) is 4.79 Å². The van der Waals surface area contributed by atoms with E-state index in [4.69, 9.17) is 4.74 Å². The quantitative estimate of drug-likeness (QED) is 0.575. The number of hydrogen-bond donors (Lipinski definition) is 3. The molecule has 5 rings (SSSR count). The van der Waals surface area contributed by atoms with E-state index in [0.29, 0.717) is 0 Å². The molecule has 0 atom stereocenters. The van der Waals surface area contributed by atoms with Crippen LogP contribution in [0.15, 0.2) is 18.2 Å². The Labute approximate surface area is 146 Å². The van der Waals surface area contributed by atoms with Crippen LogP contribution < -0.4 is 5.32 Å². The summed E-state index contributed by atoms with van der Waals surface area (Å²) in [5.41, 5.74) is -0.00686. The molecule has 4 fully saturated rings. The van der Waals surface area contributed by atoms with Gasteiger partial charge in [0.1, 0.15) is 0 Å². The van der Waals surface area contributed by atoms with E-state index >= 15 is 0 Å². The minimum Gasteiger partial charge on any atom is -0.504 e. The lowest BCUT2D eigenvalue weighted by Gasteiger charge is -2.56. The molecule has 1 amide bonds. The van der Waals surface area contributed by atoms with Crippen molar-refractivity contribution in [3.63, 3.8) is 0 Å². The van der Waals surface area contributed by atoms with E-state index in [2.05, 4.69) is 5.32 Å². The van der Waals surface area contributed by atoms with Crippen molar-refractivity contribution in [2.45, 2.75) is 44.1 Å². The number of phenolic OH excluding ortho intramolecular Hbond substituents is 2. The van der Waals surface area contributed by atoms with Gasteiger partial charge in [0.15, 0.2) is 18.1 Å². The maximum Gasteiger partial charge on any atom is 0.338 e. The van der Waals surface area contributed by atoms with Gasteiger partial charge in [-0.15, -0.1) is 0 Å². The maximum atomic E-state index is 12.3. The van der Waals surface area contributed by atoms with Gasteiger partial charge < -0.3 is 20.3 Å². The maximum absolute atomic E-state index is 12.3. The van der Waals surface area contributed by atoms with Crippen molar-refractivity contribution in [1.82, 2.24) is 5.32 Å². The van der Waals surface area contributed by atoms with Crippen LogP contribution in [-0.4, -0.2) is 34.2 Å². The number of ether oxygens (including phenoxy) is 1. The van der Waals surface area contributed by atoms with E-state index < -0.39 is 11.7 Å². The fraction of sp³-hybridized carbons (Fsp3) is 0.579. The van der Waals surface area contributed by atoms with Gasteiger partial charge in [-0.05, 0) is 74.5 Å². The monoisotopic (exact) mass is 345 g/mol. The predicted molar refractivity (Wildman–Crippen MR) is 89.1 cm³/mol. The summed E-state index contributed by atoms with van der Waals surface area (Å²) >= 11 is 0. The van der Waals surface area contributed by atoms with Crippen LogP contribution in [0.1, 0.15) is 48.9 Å². The standard InChI is InChI=1S/C19H23NO5/c21-15-2-1-14(6-16(15)22)18(24)25-10-17(23)20-19-7-11-3-12(8-19)5-13(4-11)9-19/h1-2,6,11-13,21-22H,3-5,7-10H2,(H,20,23). The molecule has 4 bridgehead atoms. The van der Waals surface area contributed by atoms with Crippen LogP contribution in [0.3, 0.4) is 0 Å². The molecule has 4 aliphatic rings. The molecule has 4 aliphatic carbocycles. The lowest BCUT2D eigenvalue weighted by Crippen LogP contribution is -2.60. The molecular weight excluding hydrogens is 322 g/mol. The number of hydrogen-bond acceptors (Lipinski definition) is 5. The molecule has 134 valence electrons. The normalized spacial score (nSPS) is 32.4. The highest BCUT2D eigenvalue weighted by atomic mass is 16.5. The van der Waals surface area contributed by atoms with Gasteiger partial charge in [-0.2, -0.15) is 0 Å². The van der Waals surface area contributed by atoms with Gasteiger partial charge in [0.2, 0.25) is 0 Å². The van der Waals surface area contributed by atoms with Crippen molar-refractivity contribution >= 4 is 11.9 Å². The highest BCUT2D eigenvalue weighted by molar-refractivity contribution is 5.92. The molecule has 0 aromatic heterocycles. The number of benzene rings is 1. The second-order valence-corrected chi connectivity index (χ2v) is 8.03. The Kier molecular flexibility index (Phi) is 3.85. The number of rotatable bonds is 4. The average Bonchev–Trinajstić information content (AvgIpc) is 2.53. The van der Waals surface area contributed by atoms with E-state index in [-0.39, 0.29) is 29.4 Å². The molecule has 1 aromatic carbocycles. The van der Waals surface area contributed by atoms with Crippen LogP contribution in [0.5, 0.6) is 11.5 Å². The van der Waals surface area contributed by atoms with Gasteiger partial charge in [-0.1, -0.05) is 0 Å². The van der Waals surface area contributed by atoms with Crippen LogP contribution >= 0.6 is 0 Å². The Morgan fingerprint density at radius 3 is 2.20 bits per heavy atom. The Balaban J connectivity index is 1.33. The van der Waals surface area contributed by atoms with Crippen molar-refractivity contribution in [3.8, 4) is 11.5 Å². The molecule has 4 saturated carbocycles. The zero-order chi connectivity index (χ0) is 17.6. The second kappa shape index (κ2) is 5.93. The molecule has 1 aromatic rings. The molecule has 25 heavy (non-hydrogen) atoms. The number of aromatic hydroxyl groups is 2. The molecule has 0 heterocycles. The molecule has 6 heteroatoms. The lowest BCUT2D eigenvalue weighted by atomic mass is 9.53. The number of nitrogens with one attached hydrogen (secondary N) is 1. The zero-order valence-corrected chi connectivity index (χ0v) is 14.0. The fourth-order valence-electron chi connectivity index (χ4n) is 5.46. The molecule has 0 aliphatic heterocycles. The summed E-state index contributed by atoms with van der Waals surface area (Å²) < 4.78 is 5.05. The van der Waals surface area contributed by atoms with Crippen LogP contribution in [0.2, 0.25) is 0 Å². The summed E-state index contributed by atoms with van der Waals surface area (Å²) in [4.78, 5) is 24.3. The van der Waals surface area contributed by atoms with Crippen molar-refractivity contribution < 1.29 is 24.5 Å². The van der Waals surface area contributed by atoms with Crippen LogP contribution in [-0.2, 0) is 9.53 Å². The molecule has 0 spiro atoms. The van der Waals surface area contributed by atoms with Crippen LogP contribution in [0.4, 0.5) is 0 Å². The Morgan fingerprint density at radius 2 is 1.64 bits per heavy atom. The molecule has 0 radical (unpaired) electrons. The van der Waals surface area contributed by atoms with Gasteiger partial charge in [-0.3, -0.25) is 4.79 Å². The van der Waals surface area contributed by atoms with Crippen LogP contribution in [0.25, 0.3) is 0 Å². The third-order valence-electron chi connectivity index (χ3n) is 5.99. The third kappa shape index (κ3) is 3.17. The summed E-state index contributed by atoms with van der Waals surface area (Å²) in [5, 5.41) is 21.8. The van der Waals surface area contributed by atoms with E-state index in [1.165, 1.54) is 31.4 Å². The first-order chi connectivity index (χ1) is 11.9. The topological polar surface area (TPSA) is 95.9 Å². The summed E-state index contributed by atoms with van der Waals surface area (Å²) in [6, 6.07) is 3.67. The average molecular weight is 345 g/mol. The molecule has 6 nitrogen and oxygen atoms in total. The first-order valence-corrected chi connectivity index (χ1v) is 8.92. The first kappa shape index (κ1) is 16.2. The van der Waals surface area contributed by atoms with Crippen molar-refractivity contribution in [3.05, 3.63) is 23.8 Å². The summed E-state index contributed by atoms with van der Waals surface area (Å²) in [7, 11) is 0. The predicted octanol–water partition coefficient (Wildman–Crippen LogP) is 2.34. The number of carbonyl (C=O) groups excluding carboxylic acids is 2. The van der Waals surface area contributed by atoms with Crippen molar-refractivity contribution in [2.24, 2.45) is 17.8 Å². The van der Waals surface area contributed by atoms with E-state index in [1.807, 2.05) is 0 Å². The molecule has 3 N–H and O–H groups in total. The first-order valence-electron chi connectivity index (χ1n) is 8.92. The summed E-state index contributed by atoms with van der Waals surface area (Å²) in [6.45, 7) is -0.331. The second-order valence-electron chi connectivity index (χ2n) is 8.03. The minimum atomic E-state index is -0.698. The Bertz CT molecular complexity index is 678. The zero-order valence-electron chi connectivity index (χ0n) is 14.0. The van der Waals surface area contributed by atoms with Gasteiger partial charge in [0.05, 0.1) is 5.56 Å². The van der Waals surface area contributed by atoms with E-state index in [9.17, 15) is 19.8 Å². The number of esters is 1. The van der Waals surface area contributed by atoms with Gasteiger partial charge >= 0.3 is 5.97 Å². The smallest absolute Gasteiger partial charge is 0.338 e. The number of phenols is 2. The van der Waals surface area contributed by atoms with Crippen LogP contribution in [0, 0.1) is 17.8 Å². The van der Waals surface area contributed by atoms with Gasteiger partial charge in [0, 0.05) is 5.54 Å². The molecule has 0 saturated heterocycles. The largest absolute Gasteiger partial charge is 0.504 e. The fourth-order valence-corrected chi connectivity index (χ4v) is 5.46. The SMILES string of the molecule is O=C(COC(=O)c1ccc(O)c(O)c1)NC12CC3CC(CC(C3)C1)C2. The van der Waals surface area contributed by atoms with Crippen molar-refractivity contribution in [1.29, 1.82) is 0 Å². The highest BCUT2D eigenvalue weighted by Gasteiger charge is 2.51. The molecule has 0 unspecified atom stereocenters. The van der Waals surface area contributed by atoms with E-state index in [0.717, 1.165) is 43.1 Å². The summed E-state index contributed by atoms with van der Waals surface area (Å²) in [6.07, 6.45) is 7.04. The van der Waals surface area contributed by atoms with Crippen molar-refractivity contribution in [2.75, 3.05) is 6.61 Å². The third-order valence-corrected chi connectivity index (χ3v) is 5.99. The highest BCUT2D eigenvalue weighted by Crippen LogP contribution is 2.55. The van der Waals surface area contributed by atoms with E-state index in [1.54, 1.807) is 0 Å². The molecular formula is C19H23NO5. The Morgan fingerprint density at radius 1 is 1.04 bits per heavy atom. The Hall–Kier alpha value is -2.24. The minimum absolute atomic E-state index is 0.0953. The number of amides is 1. The van der Waals surface area contributed by atoms with Gasteiger partial charge in [0.25, 0.3) is 5.91 Å².